The lowest BCUT2D eigenvalue weighted by molar-refractivity contribution is -0.137. The normalized spacial score (nSPS) is 16.7. The van der Waals surface area contributed by atoms with Crippen molar-refractivity contribution in [3.63, 3.8) is 0 Å². The second-order valence-electron chi connectivity index (χ2n) is 5.36. The first-order valence-corrected chi connectivity index (χ1v) is 7.12. The van der Waals surface area contributed by atoms with Gasteiger partial charge >= 0.3 is 6.18 Å². The van der Waals surface area contributed by atoms with Gasteiger partial charge in [0.2, 0.25) is 5.91 Å². The maximum atomic E-state index is 12.5. The van der Waals surface area contributed by atoms with Crippen LogP contribution in [0.2, 0.25) is 0 Å². The fraction of sp³-hybridized carbons (Fsp3) is 0.533. The number of hydrogen-bond acceptors (Lipinski definition) is 3. The molecular formula is C15H18F3NO3. The number of hydrogen-bond donors (Lipinski definition) is 2. The van der Waals surface area contributed by atoms with Crippen LogP contribution in [0.25, 0.3) is 0 Å². The average molecular weight is 317 g/mol. The molecule has 0 radical (unpaired) electrons. The summed E-state index contributed by atoms with van der Waals surface area (Å²) in [5.41, 5.74) is -0.808. The minimum Gasteiger partial charge on any atom is -0.491 e. The Kier molecular flexibility index (Phi) is 5.28. The van der Waals surface area contributed by atoms with Gasteiger partial charge in [-0.25, -0.2) is 0 Å². The Morgan fingerprint density at radius 3 is 2.73 bits per heavy atom. The molecule has 1 aromatic rings. The summed E-state index contributed by atoms with van der Waals surface area (Å²) in [7, 11) is 0. The molecule has 0 aliphatic heterocycles. The number of ether oxygens (including phenoxy) is 1. The van der Waals surface area contributed by atoms with Gasteiger partial charge < -0.3 is 15.2 Å². The molecular weight excluding hydrogens is 299 g/mol. The fourth-order valence-corrected chi connectivity index (χ4v) is 2.05. The van der Waals surface area contributed by atoms with E-state index in [1.807, 2.05) is 0 Å². The number of aliphatic hydroxyl groups is 1. The largest absolute Gasteiger partial charge is 0.491 e. The quantitative estimate of drug-likeness (QED) is 0.847. The van der Waals surface area contributed by atoms with E-state index in [9.17, 15) is 23.1 Å². The molecule has 4 nitrogen and oxygen atoms in total. The van der Waals surface area contributed by atoms with E-state index in [-0.39, 0.29) is 30.7 Å². The van der Waals surface area contributed by atoms with Crippen LogP contribution in [0, 0.1) is 5.92 Å². The zero-order valence-corrected chi connectivity index (χ0v) is 11.9. The lowest BCUT2D eigenvalue weighted by Gasteiger charge is -2.24. The minimum atomic E-state index is -4.44. The second kappa shape index (κ2) is 7.00. The monoisotopic (exact) mass is 317 g/mol. The number of halogens is 3. The molecule has 1 unspecified atom stereocenters. The molecule has 0 spiro atoms. The molecule has 0 bridgehead atoms. The highest BCUT2D eigenvalue weighted by molar-refractivity contribution is 5.79. The fourth-order valence-electron chi connectivity index (χ4n) is 2.05. The van der Waals surface area contributed by atoms with Gasteiger partial charge in [0.25, 0.3) is 0 Å². The van der Waals surface area contributed by atoms with Gasteiger partial charge in [-0.05, 0) is 31.0 Å². The van der Waals surface area contributed by atoms with Crippen LogP contribution < -0.4 is 10.1 Å². The van der Waals surface area contributed by atoms with Crippen LogP contribution in [0.4, 0.5) is 13.2 Å². The van der Waals surface area contributed by atoms with E-state index in [4.69, 9.17) is 4.74 Å². The van der Waals surface area contributed by atoms with Crippen molar-refractivity contribution < 1.29 is 27.8 Å². The number of rotatable bonds is 6. The smallest absolute Gasteiger partial charge is 0.416 e. The van der Waals surface area contributed by atoms with Crippen LogP contribution in [0.3, 0.4) is 0 Å². The van der Waals surface area contributed by atoms with Gasteiger partial charge in [-0.15, -0.1) is 0 Å². The van der Waals surface area contributed by atoms with Crippen molar-refractivity contribution in [3.8, 4) is 5.75 Å². The highest BCUT2D eigenvalue weighted by Crippen LogP contribution is 2.31. The minimum absolute atomic E-state index is 0.0221. The number of amides is 1. The zero-order chi connectivity index (χ0) is 16.2. The van der Waals surface area contributed by atoms with Crippen molar-refractivity contribution in [2.24, 2.45) is 5.92 Å². The number of carbonyl (C=O) groups is 1. The van der Waals surface area contributed by atoms with Crippen LogP contribution >= 0.6 is 0 Å². The molecule has 1 atom stereocenters. The summed E-state index contributed by atoms with van der Waals surface area (Å²) in [5, 5.41) is 12.3. The first kappa shape index (κ1) is 16.6. The van der Waals surface area contributed by atoms with Crippen LogP contribution in [-0.4, -0.2) is 30.3 Å². The number of carbonyl (C=O) groups excluding carboxylic acids is 1. The van der Waals surface area contributed by atoms with Gasteiger partial charge in [0, 0.05) is 12.5 Å². The summed E-state index contributed by atoms with van der Waals surface area (Å²) in [4.78, 5) is 11.6. The number of alkyl halides is 3. The highest BCUT2D eigenvalue weighted by atomic mass is 19.4. The first-order chi connectivity index (χ1) is 10.4. The summed E-state index contributed by atoms with van der Waals surface area (Å²) < 4.78 is 42.8. The Bertz CT molecular complexity index is 515. The Morgan fingerprint density at radius 2 is 2.14 bits per heavy atom. The standard InChI is InChI=1S/C15H18F3NO3/c16-15(17,18)11-5-2-6-13(7-11)22-9-12(20)8-19-14(21)10-3-1-4-10/h2,5-7,10,12,20H,1,3-4,8-9H2,(H,19,21). The predicted octanol–water partition coefficient (Wildman–Crippen LogP) is 2.36. The summed E-state index contributed by atoms with van der Waals surface area (Å²) in [6.45, 7) is -0.166. The van der Waals surface area contributed by atoms with Gasteiger partial charge in [0.05, 0.1) is 5.56 Å². The molecule has 1 fully saturated rings. The highest BCUT2D eigenvalue weighted by Gasteiger charge is 2.30. The molecule has 0 saturated heterocycles. The molecule has 2 N–H and O–H groups in total. The first-order valence-electron chi connectivity index (χ1n) is 7.12. The van der Waals surface area contributed by atoms with Crippen molar-refractivity contribution >= 4 is 5.91 Å². The van der Waals surface area contributed by atoms with Gasteiger partial charge in [0.1, 0.15) is 18.5 Å². The van der Waals surface area contributed by atoms with Crippen molar-refractivity contribution in [2.45, 2.75) is 31.5 Å². The molecule has 22 heavy (non-hydrogen) atoms. The summed E-state index contributed by atoms with van der Waals surface area (Å²) in [5.74, 6) is -0.0415. The Labute approximate surface area is 126 Å². The van der Waals surface area contributed by atoms with E-state index in [2.05, 4.69) is 5.32 Å². The summed E-state index contributed by atoms with van der Waals surface area (Å²) in [6.07, 6.45) is -2.64. The molecule has 1 amide bonds. The Hall–Kier alpha value is -1.76. The van der Waals surface area contributed by atoms with Gasteiger partial charge in [0.15, 0.2) is 0 Å². The molecule has 1 aliphatic carbocycles. The number of benzene rings is 1. The SMILES string of the molecule is O=C(NCC(O)COc1cccc(C(F)(F)F)c1)C1CCC1. The molecule has 122 valence electrons. The third kappa shape index (κ3) is 4.62. The van der Waals surface area contributed by atoms with Crippen LogP contribution in [0.15, 0.2) is 24.3 Å². The van der Waals surface area contributed by atoms with Crippen LogP contribution in [-0.2, 0) is 11.0 Å². The van der Waals surface area contributed by atoms with E-state index < -0.39 is 17.8 Å². The summed E-state index contributed by atoms with van der Waals surface area (Å²) in [6, 6.07) is 4.44. The van der Waals surface area contributed by atoms with E-state index >= 15 is 0 Å². The predicted molar refractivity (Wildman–Crippen MR) is 73.3 cm³/mol. The lowest BCUT2D eigenvalue weighted by atomic mass is 9.85. The van der Waals surface area contributed by atoms with Crippen molar-refractivity contribution in [2.75, 3.05) is 13.2 Å². The Balaban J connectivity index is 1.76. The maximum absolute atomic E-state index is 12.5. The second-order valence-corrected chi connectivity index (χ2v) is 5.36. The van der Waals surface area contributed by atoms with Gasteiger partial charge in [-0.2, -0.15) is 13.2 Å². The summed E-state index contributed by atoms with van der Waals surface area (Å²) >= 11 is 0. The van der Waals surface area contributed by atoms with E-state index in [1.165, 1.54) is 12.1 Å². The average Bonchev–Trinajstić information content (AvgIpc) is 2.40. The Morgan fingerprint density at radius 1 is 1.41 bits per heavy atom. The van der Waals surface area contributed by atoms with Crippen molar-refractivity contribution in [3.05, 3.63) is 29.8 Å². The number of nitrogens with one attached hydrogen (secondary N) is 1. The third-order valence-electron chi connectivity index (χ3n) is 3.59. The molecule has 0 heterocycles. The third-order valence-corrected chi connectivity index (χ3v) is 3.59. The van der Waals surface area contributed by atoms with Crippen molar-refractivity contribution in [1.82, 2.24) is 5.32 Å². The zero-order valence-electron chi connectivity index (χ0n) is 11.9. The van der Waals surface area contributed by atoms with E-state index in [1.54, 1.807) is 0 Å². The van der Waals surface area contributed by atoms with Gasteiger partial charge in [-0.1, -0.05) is 12.5 Å². The van der Waals surface area contributed by atoms with Gasteiger partial charge in [-0.3, -0.25) is 4.79 Å². The number of aliphatic hydroxyl groups excluding tert-OH is 1. The van der Waals surface area contributed by atoms with Crippen LogP contribution in [0.1, 0.15) is 24.8 Å². The topological polar surface area (TPSA) is 58.6 Å². The molecule has 0 aromatic heterocycles. The molecule has 1 aromatic carbocycles. The molecule has 1 saturated carbocycles. The maximum Gasteiger partial charge on any atom is 0.416 e. The molecule has 7 heteroatoms. The lowest BCUT2D eigenvalue weighted by Crippen LogP contribution is -2.40. The van der Waals surface area contributed by atoms with Crippen LogP contribution in [0.5, 0.6) is 5.75 Å². The molecule has 1 aliphatic rings. The molecule has 2 rings (SSSR count). The van der Waals surface area contributed by atoms with E-state index in [0.717, 1.165) is 31.4 Å². The van der Waals surface area contributed by atoms with Crippen molar-refractivity contribution in [1.29, 1.82) is 0 Å². The van der Waals surface area contributed by atoms with E-state index in [0.29, 0.717) is 0 Å².